The molecule has 1 aromatic heterocycles. The molecule has 4 heteroatoms. The zero-order valence-corrected chi connectivity index (χ0v) is 13.8. The Bertz CT molecular complexity index is 766. The molecule has 2 aromatic rings. The topological polar surface area (TPSA) is 25.2 Å². The second kappa shape index (κ2) is 8.95. The van der Waals surface area contributed by atoms with Gasteiger partial charge in [-0.05, 0) is 42.8 Å². The number of thiocarbonyl (C=S) groups is 1. The Labute approximate surface area is 141 Å². The van der Waals surface area contributed by atoms with Crippen LogP contribution in [0.2, 0.25) is 0 Å². The second-order valence-electron chi connectivity index (χ2n) is 5.13. The van der Waals surface area contributed by atoms with Crippen LogP contribution in [0.25, 0.3) is 0 Å². The normalized spacial score (nSPS) is 9.65. The van der Waals surface area contributed by atoms with Crippen molar-refractivity contribution in [3.05, 3.63) is 59.0 Å². The van der Waals surface area contributed by atoms with E-state index in [1.165, 1.54) is 37.1 Å². The third kappa shape index (κ3) is 5.41. The molecule has 0 bridgehead atoms. The molecule has 116 valence electrons. The minimum Gasteiger partial charge on any atom is -0.235 e. The van der Waals surface area contributed by atoms with Crippen LogP contribution in [0.15, 0.2) is 41.5 Å². The van der Waals surface area contributed by atoms with Crippen molar-refractivity contribution < 1.29 is 4.39 Å². The van der Waals surface area contributed by atoms with Gasteiger partial charge in [0.25, 0.3) is 0 Å². The van der Waals surface area contributed by atoms with Crippen molar-refractivity contribution in [3.8, 4) is 11.8 Å². The molecule has 0 aliphatic carbocycles. The van der Waals surface area contributed by atoms with Crippen molar-refractivity contribution in [1.29, 1.82) is 0 Å². The number of pyridine rings is 1. The SMILES string of the molecule is CCCCCc1ccc(C#Cc2cnc(N=C=S)cc2F)cc1. The summed E-state index contributed by atoms with van der Waals surface area (Å²) in [7, 11) is 0. The molecule has 0 atom stereocenters. The highest BCUT2D eigenvalue weighted by Gasteiger charge is 2.01. The van der Waals surface area contributed by atoms with Crippen LogP contribution < -0.4 is 0 Å². The summed E-state index contributed by atoms with van der Waals surface area (Å²) >= 11 is 4.46. The van der Waals surface area contributed by atoms with E-state index in [1.807, 2.05) is 12.1 Å². The molecule has 2 nitrogen and oxygen atoms in total. The van der Waals surface area contributed by atoms with Gasteiger partial charge >= 0.3 is 0 Å². The van der Waals surface area contributed by atoms with E-state index in [-0.39, 0.29) is 11.4 Å². The van der Waals surface area contributed by atoms with Gasteiger partial charge in [-0.3, -0.25) is 0 Å². The molecule has 0 N–H and O–H groups in total. The molecule has 0 amide bonds. The molecule has 0 saturated heterocycles. The molecule has 23 heavy (non-hydrogen) atoms. The molecule has 0 saturated carbocycles. The van der Waals surface area contributed by atoms with E-state index in [4.69, 9.17) is 0 Å². The summed E-state index contributed by atoms with van der Waals surface area (Å²) in [5.41, 5.74) is 2.39. The Morgan fingerprint density at radius 1 is 1.17 bits per heavy atom. The van der Waals surface area contributed by atoms with E-state index < -0.39 is 5.82 Å². The first kappa shape index (κ1) is 17.0. The monoisotopic (exact) mass is 324 g/mol. The lowest BCUT2D eigenvalue weighted by Gasteiger charge is -2.00. The van der Waals surface area contributed by atoms with Gasteiger partial charge in [-0.2, -0.15) is 4.99 Å². The van der Waals surface area contributed by atoms with E-state index >= 15 is 0 Å². The van der Waals surface area contributed by atoms with Gasteiger partial charge in [0.2, 0.25) is 0 Å². The minimum absolute atomic E-state index is 0.194. The summed E-state index contributed by atoms with van der Waals surface area (Å²) in [5.74, 6) is 5.47. The molecule has 0 spiro atoms. The van der Waals surface area contributed by atoms with Crippen molar-refractivity contribution >= 4 is 23.2 Å². The summed E-state index contributed by atoms with van der Waals surface area (Å²) in [6.45, 7) is 2.20. The van der Waals surface area contributed by atoms with Crippen LogP contribution in [0.5, 0.6) is 0 Å². The van der Waals surface area contributed by atoms with Gasteiger partial charge in [0.15, 0.2) is 5.82 Å². The predicted octanol–water partition coefficient (Wildman–Crippen LogP) is 5.09. The lowest BCUT2D eigenvalue weighted by Crippen LogP contribution is -1.87. The van der Waals surface area contributed by atoms with Crippen molar-refractivity contribution in [2.75, 3.05) is 0 Å². The van der Waals surface area contributed by atoms with Crippen LogP contribution >= 0.6 is 12.2 Å². The maximum atomic E-state index is 13.8. The summed E-state index contributed by atoms with van der Waals surface area (Å²) in [5, 5.41) is 2.16. The fourth-order valence-electron chi connectivity index (χ4n) is 2.09. The maximum absolute atomic E-state index is 13.8. The van der Waals surface area contributed by atoms with Gasteiger partial charge in [-0.25, -0.2) is 9.37 Å². The summed E-state index contributed by atoms with van der Waals surface area (Å²) in [6.07, 6.45) is 6.11. The Kier molecular flexibility index (Phi) is 6.62. The highest BCUT2D eigenvalue weighted by molar-refractivity contribution is 7.78. The van der Waals surface area contributed by atoms with Gasteiger partial charge in [0.1, 0.15) is 5.82 Å². The maximum Gasteiger partial charge on any atom is 0.165 e. The molecule has 2 rings (SSSR count). The van der Waals surface area contributed by atoms with Gasteiger partial charge in [-0.1, -0.05) is 43.7 Å². The van der Waals surface area contributed by atoms with Crippen LogP contribution in [0.4, 0.5) is 10.2 Å². The summed E-state index contributed by atoms with van der Waals surface area (Å²) in [4.78, 5) is 7.59. The molecule has 0 aliphatic rings. The molecule has 1 aromatic carbocycles. The van der Waals surface area contributed by atoms with Gasteiger partial charge < -0.3 is 0 Å². The van der Waals surface area contributed by atoms with Crippen molar-refractivity contribution in [2.45, 2.75) is 32.6 Å². The van der Waals surface area contributed by atoms with E-state index in [0.717, 1.165) is 12.0 Å². The number of unbranched alkanes of at least 4 members (excludes halogenated alkanes) is 2. The molecular weight excluding hydrogens is 307 g/mol. The number of halogens is 1. The Balaban J connectivity index is 2.08. The minimum atomic E-state index is -0.465. The predicted molar refractivity (Wildman–Crippen MR) is 94.5 cm³/mol. The Morgan fingerprint density at radius 2 is 1.96 bits per heavy atom. The Hall–Kier alpha value is -2.34. The third-order valence-electron chi connectivity index (χ3n) is 3.36. The number of rotatable bonds is 5. The molecular formula is C19H17FN2S. The standard InChI is InChI=1S/C19H17FN2S/c1-2-3-4-5-15-6-8-16(9-7-15)10-11-17-13-21-19(22-14-23)12-18(17)20/h6-9,12-13H,2-5H2,1H3. The van der Waals surface area contributed by atoms with Gasteiger partial charge in [0, 0.05) is 17.8 Å². The van der Waals surface area contributed by atoms with Gasteiger partial charge in [0.05, 0.1) is 10.7 Å². The fraction of sp³-hybridized carbons (Fsp3) is 0.263. The third-order valence-corrected chi connectivity index (χ3v) is 3.45. The summed E-state index contributed by atoms with van der Waals surface area (Å²) in [6, 6.07) is 9.27. The summed E-state index contributed by atoms with van der Waals surface area (Å²) < 4.78 is 13.8. The lowest BCUT2D eigenvalue weighted by atomic mass is 10.1. The number of aryl methyl sites for hydroxylation is 1. The van der Waals surface area contributed by atoms with Crippen LogP contribution in [0.1, 0.15) is 42.9 Å². The Morgan fingerprint density at radius 3 is 2.61 bits per heavy atom. The molecule has 1 heterocycles. The second-order valence-corrected chi connectivity index (χ2v) is 5.31. The lowest BCUT2D eigenvalue weighted by molar-refractivity contribution is 0.622. The van der Waals surface area contributed by atoms with Crippen molar-refractivity contribution in [3.63, 3.8) is 0 Å². The average molecular weight is 324 g/mol. The number of nitrogens with zero attached hydrogens (tertiary/aromatic N) is 2. The number of isothiocyanates is 1. The van der Waals surface area contributed by atoms with E-state index in [2.05, 4.69) is 58.3 Å². The van der Waals surface area contributed by atoms with Crippen molar-refractivity contribution in [2.24, 2.45) is 4.99 Å². The van der Waals surface area contributed by atoms with E-state index in [1.54, 1.807) is 0 Å². The van der Waals surface area contributed by atoms with Crippen LogP contribution in [0.3, 0.4) is 0 Å². The van der Waals surface area contributed by atoms with Crippen molar-refractivity contribution in [1.82, 2.24) is 4.98 Å². The first-order valence-corrected chi connectivity index (χ1v) is 7.98. The highest BCUT2D eigenvalue weighted by atomic mass is 32.1. The van der Waals surface area contributed by atoms with E-state index in [0.29, 0.717) is 0 Å². The molecule has 0 unspecified atom stereocenters. The number of aliphatic imine (C=N–C) groups is 1. The smallest absolute Gasteiger partial charge is 0.165 e. The molecule has 0 aliphatic heterocycles. The first-order valence-electron chi connectivity index (χ1n) is 7.57. The van der Waals surface area contributed by atoms with Crippen LogP contribution in [-0.2, 0) is 6.42 Å². The zero-order valence-electron chi connectivity index (χ0n) is 13.0. The first-order chi connectivity index (χ1) is 11.2. The number of hydrogen-bond donors (Lipinski definition) is 0. The molecule has 0 radical (unpaired) electrons. The largest absolute Gasteiger partial charge is 0.235 e. The van der Waals surface area contributed by atoms with Crippen LogP contribution in [0, 0.1) is 17.7 Å². The average Bonchev–Trinajstić information content (AvgIpc) is 2.56. The van der Waals surface area contributed by atoms with Crippen LogP contribution in [-0.4, -0.2) is 10.1 Å². The quantitative estimate of drug-likeness (QED) is 0.331. The van der Waals surface area contributed by atoms with Gasteiger partial charge in [-0.15, -0.1) is 0 Å². The number of hydrogen-bond acceptors (Lipinski definition) is 3. The number of aromatic nitrogens is 1. The zero-order chi connectivity index (χ0) is 16.5. The number of benzene rings is 1. The van der Waals surface area contributed by atoms with E-state index in [9.17, 15) is 4.39 Å². The highest BCUT2D eigenvalue weighted by Crippen LogP contribution is 2.13. The molecule has 0 fully saturated rings. The fourth-order valence-corrected chi connectivity index (χ4v) is 2.19.